The molecule has 10 heteroatoms. The number of amides is 2. The molecule has 0 unspecified atom stereocenters. The van der Waals surface area contributed by atoms with Gasteiger partial charge < -0.3 is 15.0 Å². The van der Waals surface area contributed by atoms with Crippen LogP contribution in [0.3, 0.4) is 0 Å². The maximum absolute atomic E-state index is 13.0. The molecule has 2 aliphatic heterocycles. The minimum Gasteiger partial charge on any atom is -0.377 e. The SMILES string of the molecule is CC1(C)COCCN1C(=O)CN1CCC(CNC(=O)c2cc(CF)cc(C(F)(F)F)c2)CC1. The van der Waals surface area contributed by atoms with Crippen LogP contribution in [0.2, 0.25) is 0 Å². The Morgan fingerprint density at radius 2 is 1.85 bits per heavy atom. The van der Waals surface area contributed by atoms with Gasteiger partial charge in [0.2, 0.25) is 5.91 Å². The van der Waals surface area contributed by atoms with Gasteiger partial charge in [-0.2, -0.15) is 13.2 Å². The van der Waals surface area contributed by atoms with Crippen LogP contribution in [-0.4, -0.2) is 73.1 Å². The number of likely N-dealkylation sites (tertiary alicyclic amines) is 1. The van der Waals surface area contributed by atoms with Gasteiger partial charge in [-0.3, -0.25) is 14.5 Å². The second-order valence-corrected chi connectivity index (χ2v) is 9.39. The van der Waals surface area contributed by atoms with Crippen LogP contribution < -0.4 is 5.32 Å². The third kappa shape index (κ3) is 6.66. The molecule has 0 aromatic heterocycles. The lowest BCUT2D eigenvalue weighted by atomic mass is 9.96. The highest BCUT2D eigenvalue weighted by molar-refractivity contribution is 5.94. The molecule has 1 aromatic carbocycles. The Morgan fingerprint density at radius 1 is 1.15 bits per heavy atom. The molecule has 2 fully saturated rings. The molecule has 1 N–H and O–H groups in total. The molecule has 6 nitrogen and oxygen atoms in total. The average molecular weight is 474 g/mol. The molecule has 2 heterocycles. The summed E-state index contributed by atoms with van der Waals surface area (Å²) in [5, 5.41) is 2.68. The lowest BCUT2D eigenvalue weighted by molar-refractivity contribution is -0.147. The molecule has 0 bridgehead atoms. The van der Waals surface area contributed by atoms with Crippen molar-refractivity contribution >= 4 is 11.8 Å². The molecule has 0 spiro atoms. The lowest BCUT2D eigenvalue weighted by Gasteiger charge is -2.43. The summed E-state index contributed by atoms with van der Waals surface area (Å²) >= 11 is 0. The molecule has 0 radical (unpaired) electrons. The first kappa shape index (κ1) is 25.4. The van der Waals surface area contributed by atoms with Crippen LogP contribution in [0.15, 0.2) is 18.2 Å². The van der Waals surface area contributed by atoms with Crippen LogP contribution in [0.1, 0.15) is 48.2 Å². The molecule has 2 amide bonds. The summed E-state index contributed by atoms with van der Waals surface area (Å²) in [4.78, 5) is 29.1. The van der Waals surface area contributed by atoms with Gasteiger partial charge in [-0.1, -0.05) is 0 Å². The van der Waals surface area contributed by atoms with Gasteiger partial charge in [-0.25, -0.2) is 4.39 Å². The van der Waals surface area contributed by atoms with Gasteiger partial charge in [0, 0.05) is 18.7 Å². The van der Waals surface area contributed by atoms with Crippen molar-refractivity contribution < 1.29 is 31.9 Å². The molecular weight excluding hydrogens is 442 g/mol. The van der Waals surface area contributed by atoms with Crippen molar-refractivity contribution in [2.24, 2.45) is 5.92 Å². The second kappa shape index (κ2) is 10.4. The van der Waals surface area contributed by atoms with E-state index < -0.39 is 24.3 Å². The Hall–Kier alpha value is -2.20. The van der Waals surface area contributed by atoms with Crippen molar-refractivity contribution in [1.29, 1.82) is 0 Å². The van der Waals surface area contributed by atoms with Crippen molar-refractivity contribution in [3.8, 4) is 0 Å². The Balaban J connectivity index is 1.48. The van der Waals surface area contributed by atoms with Crippen LogP contribution in [0.25, 0.3) is 0 Å². The fourth-order valence-electron chi connectivity index (χ4n) is 4.35. The van der Waals surface area contributed by atoms with E-state index in [9.17, 15) is 27.2 Å². The minimum atomic E-state index is -4.65. The highest BCUT2D eigenvalue weighted by Gasteiger charge is 2.35. The lowest BCUT2D eigenvalue weighted by Crippen LogP contribution is -2.58. The Bertz CT molecular complexity index is 852. The summed E-state index contributed by atoms with van der Waals surface area (Å²) in [6.07, 6.45) is -3.13. The topological polar surface area (TPSA) is 61.9 Å². The Morgan fingerprint density at radius 3 is 2.45 bits per heavy atom. The van der Waals surface area contributed by atoms with Gasteiger partial charge >= 0.3 is 6.18 Å². The largest absolute Gasteiger partial charge is 0.416 e. The van der Waals surface area contributed by atoms with E-state index in [0.29, 0.717) is 52.0 Å². The normalized spacial score (nSPS) is 20.0. The summed E-state index contributed by atoms with van der Waals surface area (Å²) in [6.45, 7) is 6.57. The predicted molar refractivity (Wildman–Crippen MR) is 114 cm³/mol. The number of ether oxygens (including phenoxy) is 1. The molecule has 3 rings (SSSR count). The first-order chi connectivity index (χ1) is 15.5. The van der Waals surface area contributed by atoms with Crippen molar-refractivity contribution in [3.63, 3.8) is 0 Å². The van der Waals surface area contributed by atoms with Gasteiger partial charge in [0.05, 0.1) is 30.9 Å². The number of benzene rings is 1. The number of hydrogen-bond acceptors (Lipinski definition) is 4. The Kier molecular flexibility index (Phi) is 8.00. The fourth-order valence-corrected chi connectivity index (χ4v) is 4.35. The van der Waals surface area contributed by atoms with Gasteiger partial charge in [0.25, 0.3) is 5.91 Å². The number of nitrogens with one attached hydrogen (secondary N) is 1. The summed E-state index contributed by atoms with van der Waals surface area (Å²) in [7, 11) is 0. The number of halogens is 4. The van der Waals surface area contributed by atoms with Gasteiger partial charge in [0.15, 0.2) is 0 Å². The molecule has 0 atom stereocenters. The maximum Gasteiger partial charge on any atom is 0.416 e. The van der Waals surface area contributed by atoms with E-state index in [1.807, 2.05) is 18.7 Å². The zero-order valence-electron chi connectivity index (χ0n) is 19.0. The van der Waals surface area contributed by atoms with E-state index in [1.165, 1.54) is 0 Å². The molecule has 0 aliphatic carbocycles. The third-order valence-corrected chi connectivity index (χ3v) is 6.30. The van der Waals surface area contributed by atoms with Crippen molar-refractivity contribution in [1.82, 2.24) is 15.1 Å². The first-order valence-electron chi connectivity index (χ1n) is 11.2. The Labute approximate surface area is 191 Å². The number of carbonyl (C=O) groups is 2. The average Bonchev–Trinajstić information content (AvgIpc) is 2.77. The zero-order valence-corrected chi connectivity index (χ0v) is 19.0. The second-order valence-electron chi connectivity index (χ2n) is 9.39. The van der Waals surface area contributed by atoms with E-state index in [2.05, 4.69) is 10.2 Å². The maximum atomic E-state index is 13.0. The molecule has 2 aliphatic rings. The monoisotopic (exact) mass is 473 g/mol. The standard InChI is InChI=1S/C23H31F4N3O3/c1-22(2)15-33-8-7-30(22)20(31)14-29-5-3-16(4-6-29)13-28-21(32)18-9-17(12-24)10-19(11-18)23(25,26)27/h9-11,16H,3-8,12-15H2,1-2H3,(H,28,32). The number of alkyl halides is 4. The van der Waals surface area contributed by atoms with Gasteiger partial charge in [0.1, 0.15) is 6.67 Å². The number of morpholine rings is 1. The van der Waals surface area contributed by atoms with E-state index in [0.717, 1.165) is 25.0 Å². The highest BCUT2D eigenvalue weighted by Crippen LogP contribution is 2.31. The van der Waals surface area contributed by atoms with E-state index in [1.54, 1.807) is 0 Å². The number of rotatable bonds is 6. The highest BCUT2D eigenvalue weighted by atomic mass is 19.4. The molecule has 0 saturated carbocycles. The molecule has 184 valence electrons. The van der Waals surface area contributed by atoms with Crippen LogP contribution in [0.5, 0.6) is 0 Å². The number of piperidine rings is 1. The summed E-state index contributed by atoms with van der Waals surface area (Å²) < 4.78 is 57.5. The van der Waals surface area contributed by atoms with Gasteiger partial charge in [-0.15, -0.1) is 0 Å². The fraction of sp³-hybridized carbons (Fsp3) is 0.652. The molecule has 1 aromatic rings. The number of carbonyl (C=O) groups excluding carboxylic acids is 2. The smallest absolute Gasteiger partial charge is 0.377 e. The summed E-state index contributed by atoms with van der Waals surface area (Å²) in [6, 6.07) is 2.60. The molecule has 2 saturated heterocycles. The summed E-state index contributed by atoms with van der Waals surface area (Å²) in [5.41, 5.74) is -1.75. The molecule has 33 heavy (non-hydrogen) atoms. The third-order valence-electron chi connectivity index (χ3n) is 6.30. The minimum absolute atomic E-state index is 0.0725. The zero-order chi connectivity index (χ0) is 24.2. The summed E-state index contributed by atoms with van der Waals surface area (Å²) in [5.74, 6) is -0.419. The van der Waals surface area contributed by atoms with Crippen LogP contribution in [0.4, 0.5) is 17.6 Å². The van der Waals surface area contributed by atoms with Crippen molar-refractivity contribution in [2.75, 3.05) is 45.9 Å². The van der Waals surface area contributed by atoms with E-state index >= 15 is 0 Å². The van der Waals surface area contributed by atoms with Crippen LogP contribution in [-0.2, 0) is 22.4 Å². The van der Waals surface area contributed by atoms with E-state index in [4.69, 9.17) is 4.74 Å². The van der Waals surface area contributed by atoms with Crippen LogP contribution in [0, 0.1) is 5.92 Å². The van der Waals surface area contributed by atoms with Gasteiger partial charge in [-0.05, 0) is 69.5 Å². The molecular formula is C23H31F4N3O3. The van der Waals surface area contributed by atoms with Crippen molar-refractivity contribution in [3.05, 3.63) is 34.9 Å². The van der Waals surface area contributed by atoms with Crippen molar-refractivity contribution in [2.45, 2.75) is 45.1 Å². The van der Waals surface area contributed by atoms with E-state index in [-0.39, 0.29) is 28.5 Å². The first-order valence-corrected chi connectivity index (χ1v) is 11.2. The number of hydrogen-bond donors (Lipinski definition) is 1. The quantitative estimate of drug-likeness (QED) is 0.645. The predicted octanol–water partition coefficient (Wildman–Crippen LogP) is 3.25. The van der Waals surface area contributed by atoms with Crippen LogP contribution >= 0.6 is 0 Å². The number of nitrogens with zero attached hydrogens (tertiary/aromatic N) is 2.